The van der Waals surface area contributed by atoms with Crippen LogP contribution in [0.1, 0.15) is 10.5 Å². The highest BCUT2D eigenvalue weighted by Gasteiger charge is 2.33. The molecule has 3 aromatic rings. The molecule has 2 heterocycles. The van der Waals surface area contributed by atoms with Gasteiger partial charge in [0.05, 0.1) is 10.0 Å². The van der Waals surface area contributed by atoms with Crippen LogP contribution in [0.15, 0.2) is 53.4 Å². The molecule has 0 unspecified atom stereocenters. The van der Waals surface area contributed by atoms with Gasteiger partial charge in [-0.15, -0.1) is 0 Å². The zero-order chi connectivity index (χ0) is 19.9. The summed E-state index contributed by atoms with van der Waals surface area (Å²) in [5.41, 5.74) is 1.38. The molecule has 28 heavy (non-hydrogen) atoms. The van der Waals surface area contributed by atoms with Crippen LogP contribution in [0.3, 0.4) is 0 Å². The van der Waals surface area contributed by atoms with Crippen LogP contribution in [0, 0.1) is 0 Å². The Bertz CT molecular complexity index is 1100. The molecular formula is C19H17Cl2N3O3S. The van der Waals surface area contributed by atoms with Crippen LogP contribution >= 0.6 is 23.2 Å². The summed E-state index contributed by atoms with van der Waals surface area (Å²) in [7, 11) is -3.83. The van der Waals surface area contributed by atoms with Gasteiger partial charge in [-0.05, 0) is 24.3 Å². The first-order valence-electron chi connectivity index (χ1n) is 8.69. The maximum Gasteiger partial charge on any atom is 0.270 e. The first-order valence-corrected chi connectivity index (χ1v) is 10.9. The van der Waals surface area contributed by atoms with Gasteiger partial charge in [0.15, 0.2) is 0 Å². The molecule has 1 fully saturated rings. The second kappa shape index (κ2) is 7.40. The number of hydrogen-bond acceptors (Lipinski definition) is 3. The zero-order valence-electron chi connectivity index (χ0n) is 14.7. The van der Waals surface area contributed by atoms with E-state index in [1.54, 1.807) is 11.0 Å². The number of fused-ring (bicyclic) bond motifs is 1. The van der Waals surface area contributed by atoms with Crippen LogP contribution in [0.2, 0.25) is 10.0 Å². The molecule has 9 heteroatoms. The Hall–Kier alpha value is -2.06. The highest BCUT2D eigenvalue weighted by atomic mass is 35.5. The Labute approximate surface area is 172 Å². The molecule has 1 aliphatic heterocycles. The van der Waals surface area contributed by atoms with Gasteiger partial charge < -0.3 is 9.88 Å². The molecule has 1 aliphatic rings. The largest absolute Gasteiger partial charge is 0.351 e. The van der Waals surface area contributed by atoms with Crippen LogP contribution < -0.4 is 0 Å². The summed E-state index contributed by atoms with van der Waals surface area (Å²) in [6.45, 7) is 0.927. The van der Waals surface area contributed by atoms with E-state index >= 15 is 0 Å². The van der Waals surface area contributed by atoms with E-state index in [0.29, 0.717) is 5.69 Å². The van der Waals surface area contributed by atoms with Gasteiger partial charge >= 0.3 is 0 Å². The van der Waals surface area contributed by atoms with E-state index in [9.17, 15) is 13.2 Å². The second-order valence-corrected chi connectivity index (χ2v) is 9.21. The number of benzene rings is 2. The monoisotopic (exact) mass is 437 g/mol. The molecule has 4 rings (SSSR count). The molecule has 1 aromatic heterocycles. The van der Waals surface area contributed by atoms with Crippen LogP contribution in [-0.2, 0) is 10.0 Å². The molecular weight excluding hydrogens is 421 g/mol. The minimum Gasteiger partial charge on any atom is -0.351 e. The number of piperazine rings is 1. The number of H-pyrrole nitrogens is 1. The van der Waals surface area contributed by atoms with Gasteiger partial charge in [-0.25, -0.2) is 8.42 Å². The molecule has 1 N–H and O–H groups in total. The number of carbonyl (C=O) groups excluding carboxylic acids is 1. The third-order valence-corrected chi connectivity index (χ3v) is 7.66. The summed E-state index contributed by atoms with van der Waals surface area (Å²) in [6.07, 6.45) is 0. The topological polar surface area (TPSA) is 73.5 Å². The average molecular weight is 438 g/mol. The molecule has 0 radical (unpaired) electrons. The van der Waals surface area contributed by atoms with Gasteiger partial charge in [0.2, 0.25) is 10.0 Å². The van der Waals surface area contributed by atoms with Crippen molar-refractivity contribution in [1.82, 2.24) is 14.2 Å². The molecule has 0 saturated carbocycles. The lowest BCUT2D eigenvalue weighted by molar-refractivity contribution is 0.0693. The number of hydrogen-bond donors (Lipinski definition) is 1. The molecule has 0 atom stereocenters. The molecule has 0 bridgehead atoms. The molecule has 0 spiro atoms. The van der Waals surface area contributed by atoms with Gasteiger partial charge in [0, 0.05) is 37.1 Å². The van der Waals surface area contributed by atoms with E-state index in [2.05, 4.69) is 4.98 Å². The van der Waals surface area contributed by atoms with Crippen LogP contribution in [0.25, 0.3) is 10.9 Å². The average Bonchev–Trinajstić information content (AvgIpc) is 3.11. The number of para-hydroxylation sites is 1. The summed E-state index contributed by atoms with van der Waals surface area (Å²) in [5.74, 6) is -0.149. The van der Waals surface area contributed by atoms with Crippen molar-refractivity contribution in [3.8, 4) is 0 Å². The van der Waals surface area contributed by atoms with Gasteiger partial charge in [-0.1, -0.05) is 47.5 Å². The molecule has 1 saturated heterocycles. The van der Waals surface area contributed by atoms with Crippen molar-refractivity contribution < 1.29 is 13.2 Å². The van der Waals surface area contributed by atoms with E-state index in [0.717, 1.165) is 10.9 Å². The van der Waals surface area contributed by atoms with Crippen molar-refractivity contribution in [2.75, 3.05) is 26.2 Å². The lowest BCUT2D eigenvalue weighted by Crippen LogP contribution is -2.50. The lowest BCUT2D eigenvalue weighted by atomic mass is 10.2. The fourth-order valence-electron chi connectivity index (χ4n) is 3.35. The van der Waals surface area contributed by atoms with Crippen molar-refractivity contribution in [3.63, 3.8) is 0 Å². The summed E-state index contributed by atoms with van der Waals surface area (Å²) >= 11 is 12.1. The maximum absolute atomic E-state index is 12.9. The molecule has 6 nitrogen and oxygen atoms in total. The standard InChI is InChI=1S/C19H17Cl2N3O3S/c20-14-5-3-6-15(21)18(14)28(26,27)24-10-8-23(9-11-24)19(25)17-12-13-4-1-2-7-16(13)22-17/h1-7,12,22H,8-11H2. The number of aromatic nitrogens is 1. The van der Waals surface area contributed by atoms with Crippen molar-refractivity contribution >= 4 is 50.0 Å². The highest BCUT2D eigenvalue weighted by Crippen LogP contribution is 2.32. The number of amides is 1. The highest BCUT2D eigenvalue weighted by molar-refractivity contribution is 7.89. The second-order valence-electron chi connectivity index (χ2n) is 6.52. The predicted octanol–water partition coefficient (Wildman–Crippen LogP) is 3.62. The summed E-state index contributed by atoms with van der Waals surface area (Å²) in [5, 5.41) is 1.13. The van der Waals surface area contributed by atoms with Gasteiger partial charge in [0.1, 0.15) is 10.6 Å². The number of nitrogens with one attached hydrogen (secondary N) is 1. The van der Waals surface area contributed by atoms with Gasteiger partial charge in [-0.2, -0.15) is 4.31 Å². The van der Waals surface area contributed by atoms with Crippen LogP contribution in [0.5, 0.6) is 0 Å². The summed E-state index contributed by atoms with van der Waals surface area (Å²) in [6, 6.07) is 14.0. The third-order valence-electron chi connectivity index (χ3n) is 4.80. The number of rotatable bonds is 3. The number of nitrogens with zero attached hydrogens (tertiary/aromatic N) is 2. The van der Waals surface area contributed by atoms with E-state index < -0.39 is 10.0 Å². The van der Waals surface area contributed by atoms with Gasteiger partial charge in [-0.3, -0.25) is 4.79 Å². The van der Waals surface area contributed by atoms with Crippen molar-refractivity contribution in [2.24, 2.45) is 0 Å². The quantitative estimate of drug-likeness (QED) is 0.679. The van der Waals surface area contributed by atoms with Crippen LogP contribution in [0.4, 0.5) is 0 Å². The number of halogens is 2. The fourth-order valence-corrected chi connectivity index (χ4v) is 5.86. The van der Waals surface area contributed by atoms with Crippen molar-refractivity contribution in [3.05, 3.63) is 64.3 Å². The van der Waals surface area contributed by atoms with E-state index in [4.69, 9.17) is 23.2 Å². The Balaban J connectivity index is 1.50. The Morgan fingerprint density at radius 3 is 2.21 bits per heavy atom. The minimum absolute atomic E-state index is 0.0871. The SMILES string of the molecule is O=C(c1cc2ccccc2[nH]1)N1CCN(S(=O)(=O)c2c(Cl)cccc2Cl)CC1. The Morgan fingerprint density at radius 2 is 1.57 bits per heavy atom. The molecule has 1 amide bonds. The fraction of sp³-hybridized carbons (Fsp3) is 0.211. The molecule has 2 aromatic carbocycles. The minimum atomic E-state index is -3.83. The summed E-state index contributed by atoms with van der Waals surface area (Å²) < 4.78 is 27.2. The number of aromatic amines is 1. The van der Waals surface area contributed by atoms with Gasteiger partial charge in [0.25, 0.3) is 5.91 Å². The normalized spacial score (nSPS) is 15.9. The Kier molecular flexibility index (Phi) is 5.09. The third kappa shape index (κ3) is 3.39. The molecule has 146 valence electrons. The maximum atomic E-state index is 12.9. The van der Waals surface area contributed by atoms with E-state index in [-0.39, 0.29) is 47.0 Å². The first kappa shape index (κ1) is 19.3. The predicted molar refractivity (Wildman–Crippen MR) is 109 cm³/mol. The smallest absolute Gasteiger partial charge is 0.270 e. The van der Waals surface area contributed by atoms with Crippen molar-refractivity contribution in [1.29, 1.82) is 0 Å². The van der Waals surface area contributed by atoms with Crippen molar-refractivity contribution in [2.45, 2.75) is 4.90 Å². The first-order chi connectivity index (χ1) is 13.4. The summed E-state index contributed by atoms with van der Waals surface area (Å²) in [4.78, 5) is 17.5. The van der Waals surface area contributed by atoms with E-state index in [1.807, 2.05) is 30.3 Å². The Morgan fingerprint density at radius 1 is 0.929 bits per heavy atom. The lowest BCUT2D eigenvalue weighted by Gasteiger charge is -2.34. The zero-order valence-corrected chi connectivity index (χ0v) is 17.1. The number of sulfonamides is 1. The van der Waals surface area contributed by atoms with E-state index in [1.165, 1.54) is 16.4 Å². The molecule has 0 aliphatic carbocycles. The number of carbonyl (C=O) groups is 1. The van der Waals surface area contributed by atoms with Crippen LogP contribution in [-0.4, -0.2) is 54.7 Å².